The minimum atomic E-state index is -0.417. The van der Waals surface area contributed by atoms with Crippen LogP contribution in [0.15, 0.2) is 58.1 Å². The molecule has 0 radical (unpaired) electrons. The molecule has 1 N–H and O–H groups in total. The Morgan fingerprint density at radius 1 is 1.09 bits per heavy atom. The van der Waals surface area contributed by atoms with E-state index in [0.29, 0.717) is 24.1 Å². The van der Waals surface area contributed by atoms with Gasteiger partial charge in [0.25, 0.3) is 5.91 Å². The summed E-state index contributed by atoms with van der Waals surface area (Å²) in [5.74, 6) is 1.21. The lowest BCUT2D eigenvalue weighted by Crippen LogP contribution is -2.35. The van der Waals surface area contributed by atoms with Gasteiger partial charge in [-0.3, -0.25) is 10.2 Å². The number of ether oxygens (including phenoxy) is 2. The number of nitrogens with one attached hydrogen (secondary N) is 1. The van der Waals surface area contributed by atoms with E-state index in [1.165, 1.54) is 16.8 Å². The summed E-state index contributed by atoms with van der Waals surface area (Å²) in [5.41, 5.74) is 3.26. The van der Waals surface area contributed by atoms with Crippen LogP contribution < -0.4 is 9.47 Å². The van der Waals surface area contributed by atoms with Crippen LogP contribution in [0.4, 0.5) is 0 Å². The Hall–Kier alpha value is -3.39. The number of fused-ring (bicyclic) bond motifs is 1. The number of amidine groups is 2. The second-order valence-electron chi connectivity index (χ2n) is 8.15. The molecule has 1 amide bonds. The van der Waals surface area contributed by atoms with E-state index in [1.807, 2.05) is 50.2 Å². The zero-order valence-electron chi connectivity index (χ0n) is 19.6. The van der Waals surface area contributed by atoms with Crippen LogP contribution in [-0.4, -0.2) is 40.2 Å². The van der Waals surface area contributed by atoms with E-state index in [9.17, 15) is 4.79 Å². The van der Waals surface area contributed by atoms with Gasteiger partial charge < -0.3 is 9.47 Å². The third-order valence-corrected chi connectivity index (χ3v) is 6.35. The minimum absolute atomic E-state index is 0.0536. The van der Waals surface area contributed by atoms with Crippen LogP contribution in [0.1, 0.15) is 42.9 Å². The lowest BCUT2D eigenvalue weighted by Gasteiger charge is -2.20. The van der Waals surface area contributed by atoms with Crippen LogP contribution in [0.5, 0.6) is 11.5 Å². The first-order valence-electron chi connectivity index (χ1n) is 11.4. The van der Waals surface area contributed by atoms with E-state index in [1.54, 1.807) is 6.08 Å². The number of aryl methyl sites for hydroxylation is 2. The number of nitrogens with zero attached hydrogens (tertiary/aromatic N) is 3. The highest BCUT2D eigenvalue weighted by atomic mass is 32.2. The lowest BCUT2D eigenvalue weighted by atomic mass is 10.1. The Balaban J connectivity index is 1.35. The van der Waals surface area contributed by atoms with Gasteiger partial charge in [0, 0.05) is 0 Å². The number of aliphatic imine (C=N–C) groups is 1. The van der Waals surface area contributed by atoms with Gasteiger partial charge in [0.2, 0.25) is 5.17 Å². The molecule has 2 heterocycles. The molecule has 0 spiro atoms. The van der Waals surface area contributed by atoms with Gasteiger partial charge in [0.1, 0.15) is 29.8 Å². The van der Waals surface area contributed by atoms with Crippen LogP contribution in [0.2, 0.25) is 0 Å². The average molecular weight is 477 g/mol. The Morgan fingerprint density at radius 2 is 1.85 bits per heavy atom. The van der Waals surface area contributed by atoms with Gasteiger partial charge in [-0.25, -0.2) is 0 Å². The third-order valence-electron chi connectivity index (χ3n) is 5.38. The molecule has 7 nitrogen and oxygen atoms in total. The number of benzene rings is 2. The number of carbonyl (C=O) groups excluding carboxylic acids is 1. The van der Waals surface area contributed by atoms with Gasteiger partial charge in [-0.1, -0.05) is 37.6 Å². The van der Waals surface area contributed by atoms with E-state index in [0.717, 1.165) is 46.7 Å². The maximum atomic E-state index is 12.5. The molecule has 0 unspecified atom stereocenters. The monoisotopic (exact) mass is 476 g/mol. The van der Waals surface area contributed by atoms with Crippen LogP contribution in [0.3, 0.4) is 0 Å². The first-order chi connectivity index (χ1) is 16.4. The van der Waals surface area contributed by atoms with Gasteiger partial charge in [-0.05, 0) is 79.4 Å². The van der Waals surface area contributed by atoms with E-state index in [4.69, 9.17) is 14.9 Å². The minimum Gasteiger partial charge on any atom is -0.490 e. The Morgan fingerprint density at radius 3 is 2.62 bits per heavy atom. The van der Waals surface area contributed by atoms with Crippen molar-refractivity contribution < 1.29 is 14.3 Å². The Kier molecular flexibility index (Phi) is 7.47. The standard InChI is InChI=1S/C26H28N4O3S/c1-4-5-6-23-29-30-24(27)21(25(31)28-26(30)34-23)16-19-9-11-20(12-10-19)32-13-14-33-22-15-17(2)7-8-18(22)3/h7-12,15-16,27H,4-6,13-14H2,1-3H3/b21-16-,27-24?. The van der Waals surface area contributed by atoms with E-state index in [2.05, 4.69) is 23.1 Å². The molecule has 0 saturated carbocycles. The fraction of sp³-hybridized carbons (Fsp3) is 0.308. The Bertz CT molecular complexity index is 1190. The summed E-state index contributed by atoms with van der Waals surface area (Å²) in [6.45, 7) is 7.03. The predicted octanol–water partition coefficient (Wildman–Crippen LogP) is 5.57. The van der Waals surface area contributed by atoms with Crippen molar-refractivity contribution in [3.63, 3.8) is 0 Å². The number of amides is 1. The van der Waals surface area contributed by atoms with Crippen molar-refractivity contribution in [1.82, 2.24) is 5.01 Å². The maximum absolute atomic E-state index is 12.5. The molecule has 0 aromatic heterocycles. The number of thioether (sulfide) groups is 1. The zero-order valence-corrected chi connectivity index (χ0v) is 20.4. The molecule has 2 aromatic rings. The van der Waals surface area contributed by atoms with Crippen molar-refractivity contribution in [2.24, 2.45) is 10.1 Å². The summed E-state index contributed by atoms with van der Waals surface area (Å²) in [6.07, 6.45) is 4.58. The van der Waals surface area contributed by atoms with E-state index < -0.39 is 5.91 Å². The van der Waals surface area contributed by atoms with Crippen LogP contribution in [0, 0.1) is 19.3 Å². The van der Waals surface area contributed by atoms with Gasteiger partial charge in [0.15, 0.2) is 5.84 Å². The summed E-state index contributed by atoms with van der Waals surface area (Å²) in [6, 6.07) is 13.5. The van der Waals surface area contributed by atoms with Crippen molar-refractivity contribution in [1.29, 1.82) is 5.41 Å². The van der Waals surface area contributed by atoms with Crippen LogP contribution in [0.25, 0.3) is 6.08 Å². The SMILES string of the molecule is CCCCC1=NN2C(=N)/C(=C/c3ccc(OCCOc4cc(C)ccc4C)cc3)C(=O)N=C2S1. The molecule has 0 saturated heterocycles. The van der Waals surface area contributed by atoms with Gasteiger partial charge >= 0.3 is 0 Å². The topological polar surface area (TPSA) is 87.3 Å². The quantitative estimate of drug-likeness (QED) is 0.378. The summed E-state index contributed by atoms with van der Waals surface area (Å²) in [4.78, 5) is 16.7. The van der Waals surface area contributed by atoms with Crippen molar-refractivity contribution in [2.45, 2.75) is 40.0 Å². The van der Waals surface area contributed by atoms with Crippen LogP contribution in [-0.2, 0) is 4.79 Å². The molecule has 4 rings (SSSR count). The number of carbonyl (C=O) groups is 1. The number of hydrogen-bond donors (Lipinski definition) is 1. The number of hydrogen-bond acceptors (Lipinski definition) is 6. The number of unbranched alkanes of at least 4 members (excludes halogenated alkanes) is 1. The molecule has 2 aliphatic rings. The summed E-state index contributed by atoms with van der Waals surface area (Å²) in [5, 5.41) is 15.8. The maximum Gasteiger partial charge on any atom is 0.283 e. The third kappa shape index (κ3) is 5.56. The van der Waals surface area contributed by atoms with Crippen LogP contribution >= 0.6 is 11.8 Å². The lowest BCUT2D eigenvalue weighted by molar-refractivity contribution is -0.114. The largest absolute Gasteiger partial charge is 0.490 e. The highest BCUT2D eigenvalue weighted by Gasteiger charge is 2.35. The molecule has 0 bridgehead atoms. The smallest absolute Gasteiger partial charge is 0.283 e. The molecular weight excluding hydrogens is 448 g/mol. The van der Waals surface area contributed by atoms with E-state index >= 15 is 0 Å². The highest BCUT2D eigenvalue weighted by molar-refractivity contribution is 8.26. The van der Waals surface area contributed by atoms with Crippen molar-refractivity contribution in [2.75, 3.05) is 13.2 Å². The van der Waals surface area contributed by atoms with Crippen molar-refractivity contribution in [3.8, 4) is 11.5 Å². The molecule has 2 aliphatic heterocycles. The number of hydrazone groups is 1. The normalized spacial score (nSPS) is 16.4. The fourth-order valence-electron chi connectivity index (χ4n) is 3.46. The van der Waals surface area contributed by atoms with E-state index in [-0.39, 0.29) is 11.4 Å². The molecule has 34 heavy (non-hydrogen) atoms. The summed E-state index contributed by atoms with van der Waals surface area (Å²) < 4.78 is 11.6. The highest BCUT2D eigenvalue weighted by Crippen LogP contribution is 2.30. The number of rotatable bonds is 9. The summed E-state index contributed by atoms with van der Waals surface area (Å²) >= 11 is 1.37. The van der Waals surface area contributed by atoms with Crippen molar-refractivity contribution >= 4 is 39.8 Å². The molecular formula is C26H28N4O3S. The van der Waals surface area contributed by atoms with Gasteiger partial charge in [0.05, 0.1) is 5.57 Å². The first kappa shape index (κ1) is 23.8. The molecule has 2 aromatic carbocycles. The predicted molar refractivity (Wildman–Crippen MR) is 138 cm³/mol. The average Bonchev–Trinajstić information content (AvgIpc) is 3.24. The van der Waals surface area contributed by atoms with Gasteiger partial charge in [-0.2, -0.15) is 15.1 Å². The second-order valence-corrected chi connectivity index (χ2v) is 9.19. The second kappa shape index (κ2) is 10.7. The van der Waals surface area contributed by atoms with Crippen molar-refractivity contribution in [3.05, 3.63) is 64.7 Å². The molecule has 0 atom stereocenters. The zero-order chi connectivity index (χ0) is 24.1. The Labute approximate surface area is 204 Å². The molecule has 0 fully saturated rings. The summed E-state index contributed by atoms with van der Waals surface area (Å²) in [7, 11) is 0. The molecule has 0 aliphatic carbocycles. The molecule has 8 heteroatoms. The van der Waals surface area contributed by atoms with Gasteiger partial charge in [-0.15, -0.1) is 0 Å². The molecule has 176 valence electrons. The fourth-order valence-corrected chi connectivity index (χ4v) is 4.39. The first-order valence-corrected chi connectivity index (χ1v) is 12.2.